The predicted molar refractivity (Wildman–Crippen MR) is 217 cm³/mol. The lowest BCUT2D eigenvalue weighted by Gasteiger charge is -2.34. The highest BCUT2D eigenvalue weighted by Crippen LogP contribution is 2.34. The smallest absolute Gasteiger partial charge is 0.138 e. The van der Waals surface area contributed by atoms with Gasteiger partial charge in [0.15, 0.2) is 0 Å². The predicted octanol–water partition coefficient (Wildman–Crippen LogP) is 4.53. The van der Waals surface area contributed by atoms with Crippen LogP contribution in [0.25, 0.3) is 16.7 Å². The zero-order chi connectivity index (χ0) is 37.3. The first-order valence-corrected chi connectivity index (χ1v) is 20.2. The Labute approximate surface area is 323 Å². The lowest BCUT2D eigenvalue weighted by atomic mass is 10.2. The first-order chi connectivity index (χ1) is 27.0. The number of fused-ring (bicyclic) bond motifs is 2. The zero-order valence-corrected chi connectivity index (χ0v) is 32.7. The van der Waals surface area contributed by atoms with Crippen LogP contribution in [0.2, 0.25) is 0 Å². The quantitative estimate of drug-likeness (QED) is 0.231. The van der Waals surface area contributed by atoms with Crippen LogP contribution in [0.15, 0.2) is 67.4 Å². The summed E-state index contributed by atoms with van der Waals surface area (Å²) < 4.78 is 4.41. The molecule has 0 amide bonds. The number of rotatable bonds is 8. The van der Waals surface area contributed by atoms with Crippen molar-refractivity contribution >= 4 is 28.2 Å². The van der Waals surface area contributed by atoms with E-state index >= 15 is 0 Å². The third-order valence-corrected chi connectivity index (χ3v) is 12.2. The molecule has 5 aromatic heterocycles. The molecule has 4 fully saturated rings. The Morgan fingerprint density at radius 3 is 2.16 bits per heavy atom. The van der Waals surface area contributed by atoms with Crippen molar-refractivity contribution in [2.45, 2.75) is 50.9 Å². The van der Waals surface area contributed by atoms with E-state index in [-0.39, 0.29) is 0 Å². The summed E-state index contributed by atoms with van der Waals surface area (Å²) in [4.78, 5) is 40.6. The lowest BCUT2D eigenvalue weighted by Crippen LogP contribution is -2.45. The van der Waals surface area contributed by atoms with Crippen molar-refractivity contribution in [3.63, 3.8) is 0 Å². The molecule has 0 bridgehead atoms. The highest BCUT2D eigenvalue weighted by Gasteiger charge is 2.31. The van der Waals surface area contributed by atoms with Crippen LogP contribution in [0.1, 0.15) is 60.9 Å². The van der Waals surface area contributed by atoms with Gasteiger partial charge in [-0.05, 0) is 77.1 Å². The molecule has 1 aromatic carbocycles. The number of piperazine rings is 2. The van der Waals surface area contributed by atoms with Gasteiger partial charge in [0.2, 0.25) is 0 Å². The zero-order valence-electron chi connectivity index (χ0n) is 32.7. The number of likely N-dealkylation sites (N-methyl/N-ethyl adjacent to an activating group) is 2. The average molecular weight is 745 g/mol. The van der Waals surface area contributed by atoms with E-state index in [2.05, 4.69) is 122 Å². The summed E-state index contributed by atoms with van der Waals surface area (Å²) in [7, 11) is 6.47. The largest absolute Gasteiger partial charge is 0.367 e. The summed E-state index contributed by atoms with van der Waals surface area (Å²) in [6.45, 7) is 12.6. The topological polar surface area (TPSA) is 112 Å². The Hall–Kier alpha value is -4.76. The fourth-order valence-electron chi connectivity index (χ4n) is 9.05. The van der Waals surface area contributed by atoms with Crippen molar-refractivity contribution in [2.24, 2.45) is 7.05 Å². The van der Waals surface area contributed by atoms with E-state index in [0.29, 0.717) is 12.1 Å². The van der Waals surface area contributed by atoms with Crippen molar-refractivity contribution < 1.29 is 0 Å². The van der Waals surface area contributed by atoms with Gasteiger partial charge in [0.05, 0.1) is 35.5 Å². The Morgan fingerprint density at radius 2 is 1.44 bits per heavy atom. The molecule has 9 heterocycles. The molecule has 14 nitrogen and oxygen atoms in total. The third kappa shape index (κ3) is 7.60. The number of para-hydroxylation sites is 1. The number of likely N-dealkylation sites (tertiary alicyclic amines) is 2. The average Bonchev–Trinajstić information content (AvgIpc) is 4.05. The summed E-state index contributed by atoms with van der Waals surface area (Å²) in [5, 5.41) is 0. The summed E-state index contributed by atoms with van der Waals surface area (Å²) in [5.41, 5.74) is 5.68. The maximum absolute atomic E-state index is 5.03. The normalized spacial score (nSPS) is 21.9. The van der Waals surface area contributed by atoms with E-state index in [0.717, 1.165) is 131 Å². The molecule has 290 valence electrons. The summed E-state index contributed by atoms with van der Waals surface area (Å²) in [6.07, 6.45) is 14.7. The molecule has 2 unspecified atom stereocenters. The van der Waals surface area contributed by atoms with E-state index in [4.69, 9.17) is 9.97 Å². The summed E-state index contributed by atoms with van der Waals surface area (Å²) in [6, 6.07) is 13.7. The van der Waals surface area contributed by atoms with Crippen molar-refractivity contribution in [3.8, 4) is 0 Å². The minimum atomic E-state index is 0.377. The SMILES string of the molecule is CN1CCN(c2cccc3[nH]c(CN4CCCC4c4nccn4C)nc23)CC1.CN1CCN(c2cccc3nc(CN4CCCC4c4ncc[nH]4)cn23)CC1. The summed E-state index contributed by atoms with van der Waals surface area (Å²) in [5.74, 6) is 4.54. The molecule has 0 aliphatic carbocycles. The van der Waals surface area contributed by atoms with Crippen molar-refractivity contribution in [1.82, 2.24) is 58.5 Å². The number of nitrogens with zero attached hydrogens (tertiary/aromatic N) is 12. The molecule has 55 heavy (non-hydrogen) atoms. The first-order valence-electron chi connectivity index (χ1n) is 20.2. The highest BCUT2D eigenvalue weighted by molar-refractivity contribution is 5.89. The number of hydrogen-bond acceptors (Lipinski definition) is 10. The number of pyridine rings is 1. The highest BCUT2D eigenvalue weighted by atomic mass is 15.3. The molecule has 4 aliphatic rings. The van der Waals surface area contributed by atoms with Crippen molar-refractivity contribution in [3.05, 3.63) is 90.5 Å². The van der Waals surface area contributed by atoms with Gasteiger partial charge in [-0.1, -0.05) is 12.1 Å². The number of imidazole rings is 4. The Kier molecular flexibility index (Phi) is 10.3. The Balaban J connectivity index is 0.000000144. The van der Waals surface area contributed by atoms with E-state index in [1.165, 1.54) is 24.3 Å². The molecule has 0 radical (unpaired) electrons. The molecule has 0 spiro atoms. The summed E-state index contributed by atoms with van der Waals surface area (Å²) >= 11 is 0. The number of anilines is 2. The van der Waals surface area contributed by atoms with Crippen LogP contribution in [0.4, 0.5) is 11.5 Å². The second-order valence-corrected chi connectivity index (χ2v) is 15.9. The van der Waals surface area contributed by atoms with E-state index in [1.54, 1.807) is 0 Å². The lowest BCUT2D eigenvalue weighted by molar-refractivity contribution is 0.231. The van der Waals surface area contributed by atoms with Crippen LogP contribution in [0.3, 0.4) is 0 Å². The van der Waals surface area contributed by atoms with Gasteiger partial charge in [-0.25, -0.2) is 19.9 Å². The molecular formula is C41H56N14. The number of aryl methyl sites for hydroxylation is 1. The van der Waals surface area contributed by atoms with Crippen molar-refractivity contribution in [2.75, 3.05) is 89.3 Å². The minimum Gasteiger partial charge on any atom is -0.367 e. The van der Waals surface area contributed by atoms with Crippen LogP contribution in [-0.2, 0) is 20.1 Å². The van der Waals surface area contributed by atoms with Crippen LogP contribution in [0, 0.1) is 0 Å². The van der Waals surface area contributed by atoms with Crippen molar-refractivity contribution in [1.29, 1.82) is 0 Å². The molecule has 4 aliphatic heterocycles. The standard InChI is InChI=1S/C21H29N7.C20H27N7/c1-25-11-13-27(14-12-25)17-6-3-5-16-20(17)24-19(23-16)15-28-9-4-7-18(28)21-22-8-10-26(21)2;1-24-10-12-25(13-11-24)19-6-2-5-18-23-16(15-27(18)19)14-26-9-3-4-17(26)20-21-7-8-22-20/h3,5-6,8,10,18H,4,7,9,11-15H2,1-2H3,(H,23,24);2,5-8,15,17H,3-4,9-14H2,1H3,(H,21,22). The van der Waals surface area contributed by atoms with E-state index in [9.17, 15) is 0 Å². The minimum absolute atomic E-state index is 0.377. The number of H-pyrrole nitrogens is 2. The number of nitrogens with one attached hydrogen (secondary N) is 2. The van der Waals surface area contributed by atoms with Gasteiger partial charge < -0.3 is 34.1 Å². The molecule has 2 atom stereocenters. The maximum Gasteiger partial charge on any atom is 0.138 e. The maximum atomic E-state index is 5.03. The van der Waals surface area contributed by atoms with Crippen LogP contribution >= 0.6 is 0 Å². The monoisotopic (exact) mass is 744 g/mol. The first kappa shape index (κ1) is 35.9. The molecule has 2 N–H and O–H groups in total. The number of benzene rings is 1. The second-order valence-electron chi connectivity index (χ2n) is 15.9. The van der Waals surface area contributed by atoms with E-state index in [1.807, 2.05) is 24.8 Å². The van der Waals surface area contributed by atoms with Gasteiger partial charge in [-0.15, -0.1) is 0 Å². The molecule has 6 aromatic rings. The third-order valence-electron chi connectivity index (χ3n) is 12.2. The fraction of sp³-hybridized carbons (Fsp3) is 0.512. The van der Waals surface area contributed by atoms with Gasteiger partial charge >= 0.3 is 0 Å². The van der Waals surface area contributed by atoms with Gasteiger partial charge in [-0.3, -0.25) is 14.2 Å². The number of hydrogen-bond donors (Lipinski definition) is 2. The molecule has 10 rings (SSSR count). The van der Waals surface area contributed by atoms with Crippen LogP contribution in [-0.4, -0.2) is 138 Å². The number of aromatic nitrogens is 8. The van der Waals surface area contributed by atoms with Crippen LogP contribution in [0.5, 0.6) is 0 Å². The van der Waals surface area contributed by atoms with Crippen LogP contribution < -0.4 is 9.80 Å². The van der Waals surface area contributed by atoms with E-state index < -0.39 is 0 Å². The van der Waals surface area contributed by atoms with Gasteiger partial charge in [-0.2, -0.15) is 0 Å². The Bertz CT molecular complexity index is 2150. The molecule has 0 saturated carbocycles. The Morgan fingerprint density at radius 1 is 0.709 bits per heavy atom. The van der Waals surface area contributed by atoms with Gasteiger partial charge in [0.25, 0.3) is 0 Å². The molecule has 4 saturated heterocycles. The van der Waals surface area contributed by atoms with Gasteiger partial charge in [0, 0.05) is 96.9 Å². The second kappa shape index (κ2) is 15.8. The molecular weight excluding hydrogens is 689 g/mol. The van der Waals surface area contributed by atoms with Gasteiger partial charge in [0.1, 0.15) is 34.5 Å². The number of aromatic amines is 2. The fourth-order valence-corrected chi connectivity index (χ4v) is 9.05. The molecule has 14 heteroatoms.